The van der Waals surface area contributed by atoms with Crippen molar-refractivity contribution in [2.75, 3.05) is 32.4 Å². The van der Waals surface area contributed by atoms with Gasteiger partial charge in [-0.25, -0.2) is 8.42 Å². The summed E-state index contributed by atoms with van der Waals surface area (Å²) in [7, 11) is -3.08. The summed E-state index contributed by atoms with van der Waals surface area (Å²) in [5.41, 5.74) is 1.20. The van der Waals surface area contributed by atoms with Gasteiger partial charge in [-0.2, -0.15) is 0 Å². The highest BCUT2D eigenvalue weighted by Gasteiger charge is 2.30. The Morgan fingerprint density at radius 2 is 1.90 bits per heavy atom. The summed E-state index contributed by atoms with van der Waals surface area (Å²) in [5.74, 6) is 0. The van der Waals surface area contributed by atoms with Gasteiger partial charge in [0.25, 0.3) is 0 Å². The third-order valence-electron chi connectivity index (χ3n) is 4.43. The number of sulfone groups is 1. The second-order valence-electron chi connectivity index (χ2n) is 5.98. The van der Waals surface area contributed by atoms with Gasteiger partial charge in [0, 0.05) is 38.5 Å². The van der Waals surface area contributed by atoms with Crippen molar-refractivity contribution >= 4 is 9.84 Å². The van der Waals surface area contributed by atoms with Crippen LogP contribution in [0.1, 0.15) is 18.4 Å². The van der Waals surface area contributed by atoms with Crippen molar-refractivity contribution in [2.45, 2.75) is 30.3 Å². The Morgan fingerprint density at radius 1 is 1.15 bits per heavy atom. The van der Waals surface area contributed by atoms with E-state index in [1.165, 1.54) is 37.8 Å². The normalized spacial score (nSPS) is 24.8. The standard InChI is InChI=1S/C15H22N2O2S/c1-20(18,19)15-6-4-13(5-7-15)11-16-9-10-17-8-2-3-14(17)12-16/h4-7,14H,2-3,8-12H2,1H3/t14-/m0/s1. The average molecular weight is 294 g/mol. The highest BCUT2D eigenvalue weighted by Crippen LogP contribution is 2.22. The molecule has 1 atom stereocenters. The Hall–Kier alpha value is -0.910. The van der Waals surface area contributed by atoms with Gasteiger partial charge < -0.3 is 0 Å². The summed E-state index contributed by atoms with van der Waals surface area (Å²) in [4.78, 5) is 5.49. The lowest BCUT2D eigenvalue weighted by atomic mass is 10.1. The molecule has 20 heavy (non-hydrogen) atoms. The largest absolute Gasteiger partial charge is 0.298 e. The highest BCUT2D eigenvalue weighted by molar-refractivity contribution is 7.90. The van der Waals surface area contributed by atoms with Crippen molar-refractivity contribution in [1.29, 1.82) is 0 Å². The van der Waals surface area contributed by atoms with Gasteiger partial charge in [-0.3, -0.25) is 9.80 Å². The summed E-state index contributed by atoms with van der Waals surface area (Å²) >= 11 is 0. The van der Waals surface area contributed by atoms with Crippen LogP contribution < -0.4 is 0 Å². The Bertz CT molecular complexity index is 568. The molecule has 2 saturated heterocycles. The molecule has 2 fully saturated rings. The number of nitrogens with zero attached hydrogens (tertiary/aromatic N) is 2. The van der Waals surface area contributed by atoms with Crippen molar-refractivity contribution in [2.24, 2.45) is 0 Å². The minimum Gasteiger partial charge on any atom is -0.298 e. The molecule has 0 unspecified atom stereocenters. The number of benzene rings is 1. The van der Waals surface area contributed by atoms with Crippen LogP contribution in [0, 0.1) is 0 Å². The van der Waals surface area contributed by atoms with Crippen molar-refractivity contribution in [1.82, 2.24) is 9.80 Å². The molecule has 0 amide bonds. The fraction of sp³-hybridized carbons (Fsp3) is 0.600. The van der Waals surface area contributed by atoms with E-state index >= 15 is 0 Å². The first-order valence-corrected chi connectivity index (χ1v) is 9.17. The second kappa shape index (κ2) is 5.47. The van der Waals surface area contributed by atoms with Crippen LogP contribution in [0.15, 0.2) is 29.2 Å². The zero-order valence-electron chi connectivity index (χ0n) is 12.0. The van der Waals surface area contributed by atoms with Gasteiger partial charge >= 0.3 is 0 Å². The number of rotatable bonds is 3. The van der Waals surface area contributed by atoms with Crippen LogP contribution in [0.25, 0.3) is 0 Å². The van der Waals surface area contributed by atoms with E-state index in [0.717, 1.165) is 25.7 Å². The summed E-state index contributed by atoms with van der Waals surface area (Å²) in [6, 6.07) is 8.06. The van der Waals surface area contributed by atoms with Crippen LogP contribution in [0.5, 0.6) is 0 Å². The van der Waals surface area contributed by atoms with Crippen LogP contribution in [-0.4, -0.2) is 56.7 Å². The van der Waals surface area contributed by atoms with Gasteiger partial charge in [0.15, 0.2) is 9.84 Å². The van der Waals surface area contributed by atoms with Crippen molar-refractivity contribution in [3.8, 4) is 0 Å². The molecule has 0 radical (unpaired) electrons. The lowest BCUT2D eigenvalue weighted by molar-refractivity contribution is 0.0994. The van der Waals surface area contributed by atoms with E-state index in [0.29, 0.717) is 4.90 Å². The van der Waals surface area contributed by atoms with E-state index in [9.17, 15) is 8.42 Å². The maximum absolute atomic E-state index is 11.4. The molecule has 1 aromatic rings. The molecule has 1 aromatic carbocycles. The minimum absolute atomic E-state index is 0.405. The minimum atomic E-state index is -3.08. The Balaban J connectivity index is 1.63. The SMILES string of the molecule is CS(=O)(=O)c1ccc(CN2CCN3CCC[C@H]3C2)cc1. The van der Waals surface area contributed by atoms with Crippen LogP contribution in [0.2, 0.25) is 0 Å². The van der Waals surface area contributed by atoms with E-state index in [1.807, 2.05) is 12.1 Å². The molecular weight excluding hydrogens is 272 g/mol. The zero-order valence-corrected chi connectivity index (χ0v) is 12.8. The lowest BCUT2D eigenvalue weighted by Gasteiger charge is -2.37. The third-order valence-corrected chi connectivity index (χ3v) is 5.56. The summed E-state index contributed by atoms with van der Waals surface area (Å²) in [5, 5.41) is 0. The van der Waals surface area contributed by atoms with Crippen molar-refractivity contribution < 1.29 is 8.42 Å². The van der Waals surface area contributed by atoms with E-state index in [-0.39, 0.29) is 0 Å². The van der Waals surface area contributed by atoms with Gasteiger partial charge in [0.2, 0.25) is 0 Å². The molecule has 2 aliphatic rings. The Labute approximate surface area is 121 Å². The Kier molecular flexibility index (Phi) is 3.84. The van der Waals surface area contributed by atoms with Crippen molar-refractivity contribution in [3.63, 3.8) is 0 Å². The van der Waals surface area contributed by atoms with Gasteiger partial charge in [-0.1, -0.05) is 12.1 Å². The van der Waals surface area contributed by atoms with E-state index in [2.05, 4.69) is 9.80 Å². The first-order chi connectivity index (χ1) is 9.52. The monoisotopic (exact) mass is 294 g/mol. The summed E-state index contributed by atoms with van der Waals surface area (Å²) in [6.07, 6.45) is 3.91. The molecule has 0 aliphatic carbocycles. The molecule has 110 valence electrons. The first-order valence-electron chi connectivity index (χ1n) is 7.28. The molecule has 2 aliphatic heterocycles. The van der Waals surface area contributed by atoms with Gasteiger partial charge in [0.1, 0.15) is 0 Å². The third kappa shape index (κ3) is 3.05. The smallest absolute Gasteiger partial charge is 0.175 e. The highest BCUT2D eigenvalue weighted by atomic mass is 32.2. The molecule has 0 bridgehead atoms. The average Bonchev–Trinajstić information content (AvgIpc) is 2.86. The Morgan fingerprint density at radius 3 is 2.60 bits per heavy atom. The molecule has 0 spiro atoms. The van der Waals surface area contributed by atoms with Crippen LogP contribution in [-0.2, 0) is 16.4 Å². The van der Waals surface area contributed by atoms with E-state index in [1.54, 1.807) is 12.1 Å². The predicted molar refractivity (Wildman–Crippen MR) is 79.4 cm³/mol. The van der Waals surface area contributed by atoms with Crippen LogP contribution >= 0.6 is 0 Å². The second-order valence-corrected chi connectivity index (χ2v) is 8.00. The predicted octanol–water partition coefficient (Wildman–Crippen LogP) is 1.37. The zero-order chi connectivity index (χ0) is 14.2. The van der Waals surface area contributed by atoms with Crippen LogP contribution in [0.4, 0.5) is 0 Å². The van der Waals surface area contributed by atoms with Gasteiger partial charge in [-0.05, 0) is 37.1 Å². The maximum atomic E-state index is 11.4. The fourth-order valence-electron chi connectivity index (χ4n) is 3.30. The molecule has 0 N–H and O–H groups in total. The molecule has 5 heteroatoms. The molecule has 3 rings (SSSR count). The number of hydrogen-bond donors (Lipinski definition) is 0. The lowest BCUT2D eigenvalue weighted by Crippen LogP contribution is -2.49. The number of hydrogen-bond acceptors (Lipinski definition) is 4. The molecule has 4 nitrogen and oxygen atoms in total. The first kappa shape index (κ1) is 14.0. The van der Waals surface area contributed by atoms with E-state index < -0.39 is 9.84 Å². The van der Waals surface area contributed by atoms with Gasteiger partial charge in [0.05, 0.1) is 4.90 Å². The topological polar surface area (TPSA) is 40.6 Å². The molecular formula is C15H22N2O2S. The number of piperazine rings is 1. The number of fused-ring (bicyclic) bond motifs is 1. The van der Waals surface area contributed by atoms with Crippen molar-refractivity contribution in [3.05, 3.63) is 29.8 Å². The van der Waals surface area contributed by atoms with E-state index in [4.69, 9.17) is 0 Å². The van der Waals surface area contributed by atoms with Gasteiger partial charge in [-0.15, -0.1) is 0 Å². The van der Waals surface area contributed by atoms with Crippen LogP contribution in [0.3, 0.4) is 0 Å². The maximum Gasteiger partial charge on any atom is 0.175 e. The fourth-order valence-corrected chi connectivity index (χ4v) is 3.93. The summed E-state index contributed by atoms with van der Waals surface area (Å²) in [6.45, 7) is 5.63. The quantitative estimate of drug-likeness (QED) is 0.844. The molecule has 2 heterocycles. The molecule has 0 aromatic heterocycles. The summed E-state index contributed by atoms with van der Waals surface area (Å²) < 4.78 is 22.9. The molecule has 0 saturated carbocycles.